The van der Waals surface area contributed by atoms with Gasteiger partial charge in [0.25, 0.3) is 0 Å². The molecule has 0 radical (unpaired) electrons. The lowest BCUT2D eigenvalue weighted by Crippen LogP contribution is -2.41. The van der Waals surface area contributed by atoms with E-state index in [2.05, 4.69) is 13.8 Å². The van der Waals surface area contributed by atoms with Gasteiger partial charge in [0.05, 0.1) is 31.8 Å². The van der Waals surface area contributed by atoms with Crippen LogP contribution in [0.2, 0.25) is 0 Å². The summed E-state index contributed by atoms with van der Waals surface area (Å²) in [7, 11) is 0. The van der Waals surface area contributed by atoms with Crippen molar-refractivity contribution < 1.29 is 34.0 Å². The summed E-state index contributed by atoms with van der Waals surface area (Å²) in [6, 6.07) is 6.25. The summed E-state index contributed by atoms with van der Waals surface area (Å²) in [5, 5.41) is 28.8. The molecule has 0 saturated carbocycles. The zero-order valence-corrected chi connectivity index (χ0v) is 17.3. The molecule has 1 saturated heterocycles. The third kappa shape index (κ3) is 5.35. The molecule has 1 heterocycles. The molecule has 0 bridgehead atoms. The second-order valence-electron chi connectivity index (χ2n) is 8.66. The number of aliphatic hydroxyl groups excluding tert-OH is 2. The van der Waals surface area contributed by atoms with Gasteiger partial charge in [-0.3, -0.25) is 4.79 Å². The first-order valence-corrected chi connectivity index (χ1v) is 10.1. The minimum Gasteiger partial charge on any atom is -0.481 e. The van der Waals surface area contributed by atoms with Crippen LogP contribution >= 0.6 is 0 Å². The Morgan fingerprint density at radius 2 is 1.83 bits per heavy atom. The average molecular weight is 420 g/mol. The van der Waals surface area contributed by atoms with E-state index in [1.54, 1.807) is 18.2 Å². The smallest absolute Gasteiger partial charge is 0.305 e. The largest absolute Gasteiger partial charge is 0.481 e. The number of aliphatic hydroxyl groups is 2. The highest BCUT2D eigenvalue weighted by atomic mass is 19.1. The summed E-state index contributed by atoms with van der Waals surface area (Å²) in [4.78, 5) is 10.7. The fourth-order valence-corrected chi connectivity index (χ4v) is 4.39. The summed E-state index contributed by atoms with van der Waals surface area (Å²) < 4.78 is 25.4. The number of hydrogen-bond donors (Lipinski definition) is 3. The SMILES string of the molecule is CC1(C)CC2(CC(c3ccc(F)cc3)=C1C=CC(O)CC(O)CC(=O)O)OCCO2. The van der Waals surface area contributed by atoms with E-state index >= 15 is 0 Å². The standard InChI is InChI=1S/C23H29FO6/c1-22(2)14-23(29-9-10-30-23)13-19(15-3-5-16(24)6-4-15)20(22)8-7-17(25)11-18(26)12-21(27)28/h3-8,17-18,25-26H,9-14H2,1-2H3,(H,27,28). The van der Waals surface area contributed by atoms with E-state index in [4.69, 9.17) is 14.6 Å². The number of carbonyl (C=O) groups is 1. The van der Waals surface area contributed by atoms with Crippen LogP contribution in [-0.2, 0) is 14.3 Å². The molecule has 1 aliphatic carbocycles. The average Bonchev–Trinajstić information content (AvgIpc) is 3.07. The van der Waals surface area contributed by atoms with E-state index in [1.807, 2.05) is 6.08 Å². The van der Waals surface area contributed by atoms with Gasteiger partial charge < -0.3 is 24.8 Å². The molecule has 6 nitrogen and oxygen atoms in total. The second-order valence-corrected chi connectivity index (χ2v) is 8.66. The van der Waals surface area contributed by atoms with Crippen molar-refractivity contribution in [1.29, 1.82) is 0 Å². The van der Waals surface area contributed by atoms with Crippen LogP contribution in [0.3, 0.4) is 0 Å². The van der Waals surface area contributed by atoms with Crippen LogP contribution in [0.25, 0.3) is 5.57 Å². The van der Waals surface area contributed by atoms with Gasteiger partial charge in [-0.05, 0) is 34.3 Å². The Hall–Kier alpha value is -2.06. The zero-order chi connectivity index (χ0) is 21.9. The number of hydrogen-bond acceptors (Lipinski definition) is 5. The first kappa shape index (κ1) is 22.6. The molecule has 1 aromatic rings. The van der Waals surface area contributed by atoms with Gasteiger partial charge in [-0.1, -0.05) is 38.1 Å². The maximum atomic E-state index is 13.5. The van der Waals surface area contributed by atoms with Gasteiger partial charge in [0, 0.05) is 19.3 Å². The van der Waals surface area contributed by atoms with Gasteiger partial charge in [-0.15, -0.1) is 0 Å². The highest BCUT2D eigenvalue weighted by Crippen LogP contribution is 2.51. The minimum absolute atomic E-state index is 0.0709. The third-order valence-corrected chi connectivity index (χ3v) is 5.63. The number of benzene rings is 1. The van der Waals surface area contributed by atoms with Crippen molar-refractivity contribution in [2.45, 2.75) is 57.5 Å². The lowest BCUT2D eigenvalue weighted by atomic mass is 9.68. The van der Waals surface area contributed by atoms with Crippen LogP contribution in [0.15, 0.2) is 42.0 Å². The molecule has 0 aromatic heterocycles. The Kier molecular flexibility index (Phi) is 6.77. The Morgan fingerprint density at radius 3 is 2.43 bits per heavy atom. The summed E-state index contributed by atoms with van der Waals surface area (Å²) in [5.41, 5.74) is 2.40. The summed E-state index contributed by atoms with van der Waals surface area (Å²) >= 11 is 0. The van der Waals surface area contributed by atoms with Crippen molar-refractivity contribution in [3.8, 4) is 0 Å². The van der Waals surface area contributed by atoms with Crippen molar-refractivity contribution >= 4 is 11.5 Å². The molecule has 3 N–H and O–H groups in total. The quantitative estimate of drug-likeness (QED) is 0.627. The predicted molar refractivity (Wildman–Crippen MR) is 109 cm³/mol. The number of rotatable bonds is 7. The molecule has 1 spiro atoms. The van der Waals surface area contributed by atoms with Crippen molar-refractivity contribution in [2.24, 2.45) is 5.41 Å². The summed E-state index contributed by atoms with van der Waals surface area (Å²) in [6.07, 6.45) is 1.90. The normalized spacial score (nSPS) is 22.6. The van der Waals surface area contributed by atoms with Gasteiger partial charge in [-0.25, -0.2) is 4.39 Å². The first-order valence-electron chi connectivity index (χ1n) is 10.1. The van der Waals surface area contributed by atoms with Crippen LogP contribution in [-0.4, -0.2) is 52.5 Å². The van der Waals surface area contributed by atoms with E-state index in [1.165, 1.54) is 12.1 Å². The van der Waals surface area contributed by atoms with Crippen LogP contribution in [0.4, 0.5) is 4.39 Å². The van der Waals surface area contributed by atoms with Gasteiger partial charge in [0.2, 0.25) is 0 Å². The highest BCUT2D eigenvalue weighted by Gasteiger charge is 2.47. The van der Waals surface area contributed by atoms with Crippen LogP contribution in [0, 0.1) is 11.2 Å². The molecule has 30 heavy (non-hydrogen) atoms. The summed E-state index contributed by atoms with van der Waals surface area (Å²) in [6.45, 7) is 5.18. The Balaban J connectivity index is 1.93. The fraction of sp³-hybridized carbons (Fsp3) is 0.522. The predicted octanol–water partition coefficient (Wildman–Crippen LogP) is 3.29. The first-order chi connectivity index (χ1) is 14.1. The van der Waals surface area contributed by atoms with E-state index < -0.39 is 30.4 Å². The van der Waals surface area contributed by atoms with Crippen molar-refractivity contribution in [3.63, 3.8) is 0 Å². The topological polar surface area (TPSA) is 96.2 Å². The molecule has 2 aliphatic rings. The molecule has 0 amide bonds. The van der Waals surface area contributed by atoms with Crippen molar-refractivity contribution in [3.05, 3.63) is 53.4 Å². The van der Waals surface area contributed by atoms with Crippen LogP contribution in [0.5, 0.6) is 0 Å². The maximum Gasteiger partial charge on any atom is 0.305 e. The molecule has 2 unspecified atom stereocenters. The number of allylic oxidation sites excluding steroid dienone is 2. The lowest BCUT2D eigenvalue weighted by molar-refractivity contribution is -0.174. The molecule has 2 atom stereocenters. The van der Waals surface area contributed by atoms with E-state index in [-0.39, 0.29) is 17.7 Å². The van der Waals surface area contributed by atoms with Crippen molar-refractivity contribution in [2.75, 3.05) is 13.2 Å². The molecule has 1 fully saturated rings. The maximum absolute atomic E-state index is 13.5. The minimum atomic E-state index is -1.13. The Labute approximate surface area is 175 Å². The third-order valence-electron chi connectivity index (χ3n) is 5.63. The van der Waals surface area contributed by atoms with E-state index in [0.717, 1.165) is 16.7 Å². The zero-order valence-electron chi connectivity index (χ0n) is 17.3. The number of ether oxygens (including phenoxy) is 2. The molecule has 3 rings (SSSR count). The fourth-order valence-electron chi connectivity index (χ4n) is 4.39. The molecular formula is C23H29FO6. The van der Waals surface area contributed by atoms with Crippen LogP contribution in [0.1, 0.15) is 45.1 Å². The Bertz CT molecular complexity index is 821. The number of aliphatic carboxylic acids is 1. The Morgan fingerprint density at radius 1 is 1.20 bits per heavy atom. The van der Waals surface area contributed by atoms with Gasteiger partial charge in [0.15, 0.2) is 5.79 Å². The van der Waals surface area contributed by atoms with E-state index in [0.29, 0.717) is 26.1 Å². The molecular weight excluding hydrogens is 391 g/mol. The highest BCUT2D eigenvalue weighted by molar-refractivity contribution is 5.74. The summed E-state index contributed by atoms with van der Waals surface area (Å²) in [5.74, 6) is -2.16. The number of carboxylic acid groups (broad SMARTS) is 1. The monoisotopic (exact) mass is 420 g/mol. The number of halogens is 1. The second kappa shape index (κ2) is 8.98. The number of carboxylic acids is 1. The molecule has 1 aliphatic heterocycles. The molecule has 1 aromatic carbocycles. The van der Waals surface area contributed by atoms with Gasteiger partial charge in [0.1, 0.15) is 5.82 Å². The lowest BCUT2D eigenvalue weighted by Gasteiger charge is -2.43. The molecule has 7 heteroatoms. The van der Waals surface area contributed by atoms with Crippen molar-refractivity contribution in [1.82, 2.24) is 0 Å². The van der Waals surface area contributed by atoms with Gasteiger partial charge in [-0.2, -0.15) is 0 Å². The van der Waals surface area contributed by atoms with E-state index in [9.17, 15) is 19.4 Å². The molecule has 164 valence electrons. The van der Waals surface area contributed by atoms with Gasteiger partial charge >= 0.3 is 5.97 Å². The van der Waals surface area contributed by atoms with Crippen LogP contribution < -0.4 is 0 Å².